The van der Waals surface area contributed by atoms with Crippen LogP contribution in [0.4, 0.5) is 0 Å². The molecule has 124 valence electrons. The van der Waals surface area contributed by atoms with Gasteiger partial charge >= 0.3 is 5.69 Å². The van der Waals surface area contributed by atoms with Crippen LogP contribution < -0.4 is 5.69 Å². The summed E-state index contributed by atoms with van der Waals surface area (Å²) in [7, 11) is -3.50. The first-order valence-electron chi connectivity index (χ1n) is 8.26. The summed E-state index contributed by atoms with van der Waals surface area (Å²) in [6.07, 6.45) is 5.85. The minimum Gasteiger partial charge on any atom is -0.306 e. The van der Waals surface area contributed by atoms with Gasteiger partial charge in [-0.2, -0.15) is 4.31 Å². The maximum absolute atomic E-state index is 12.9. The molecule has 6 nitrogen and oxygen atoms in total. The van der Waals surface area contributed by atoms with Crippen molar-refractivity contribution in [1.29, 1.82) is 0 Å². The van der Waals surface area contributed by atoms with E-state index in [0.29, 0.717) is 36.0 Å². The van der Waals surface area contributed by atoms with E-state index < -0.39 is 10.0 Å². The zero-order valence-corrected chi connectivity index (χ0v) is 13.7. The zero-order chi connectivity index (χ0) is 16.0. The van der Waals surface area contributed by atoms with Crippen LogP contribution in [0.3, 0.4) is 0 Å². The summed E-state index contributed by atoms with van der Waals surface area (Å²) in [6, 6.07) is 4.78. The van der Waals surface area contributed by atoms with Gasteiger partial charge in [0, 0.05) is 13.1 Å². The van der Waals surface area contributed by atoms with Gasteiger partial charge in [0.15, 0.2) is 0 Å². The van der Waals surface area contributed by atoms with Crippen LogP contribution in [0.2, 0.25) is 0 Å². The number of benzene rings is 1. The van der Waals surface area contributed by atoms with Crippen LogP contribution in [0.15, 0.2) is 27.9 Å². The van der Waals surface area contributed by atoms with E-state index in [9.17, 15) is 13.2 Å². The van der Waals surface area contributed by atoms with Crippen molar-refractivity contribution in [1.82, 2.24) is 14.3 Å². The molecule has 7 heteroatoms. The van der Waals surface area contributed by atoms with Crippen LogP contribution in [-0.4, -0.2) is 35.8 Å². The molecule has 0 unspecified atom stereocenters. The third-order valence-corrected chi connectivity index (χ3v) is 7.24. The third kappa shape index (κ3) is 2.61. The van der Waals surface area contributed by atoms with Gasteiger partial charge in [0.25, 0.3) is 0 Å². The van der Waals surface area contributed by atoms with Crippen LogP contribution in [0.5, 0.6) is 0 Å². The van der Waals surface area contributed by atoms with E-state index in [1.165, 1.54) is 19.3 Å². The van der Waals surface area contributed by atoms with Gasteiger partial charge in [-0.05, 0) is 42.9 Å². The summed E-state index contributed by atoms with van der Waals surface area (Å²) in [5, 5.41) is 0. The van der Waals surface area contributed by atoms with Crippen molar-refractivity contribution in [2.75, 3.05) is 13.1 Å². The Kier molecular flexibility index (Phi) is 3.57. The van der Waals surface area contributed by atoms with E-state index in [2.05, 4.69) is 9.97 Å². The van der Waals surface area contributed by atoms with Crippen molar-refractivity contribution < 1.29 is 8.42 Å². The molecule has 2 aromatic rings. The molecule has 2 aliphatic rings. The van der Waals surface area contributed by atoms with Crippen LogP contribution in [0.1, 0.15) is 32.1 Å². The number of nitrogens with one attached hydrogen (secondary N) is 2. The van der Waals surface area contributed by atoms with E-state index in [1.54, 1.807) is 22.5 Å². The first kappa shape index (κ1) is 15.0. The number of aromatic nitrogens is 2. The van der Waals surface area contributed by atoms with Gasteiger partial charge < -0.3 is 9.97 Å². The summed E-state index contributed by atoms with van der Waals surface area (Å²) in [5.41, 5.74) is 0.834. The highest BCUT2D eigenvalue weighted by Crippen LogP contribution is 2.37. The highest BCUT2D eigenvalue weighted by molar-refractivity contribution is 7.89. The number of hydrogen-bond donors (Lipinski definition) is 2. The lowest BCUT2D eigenvalue weighted by atomic mass is 9.76. The third-order valence-electron chi connectivity index (χ3n) is 5.38. The second kappa shape index (κ2) is 5.49. The Balaban J connectivity index is 1.64. The van der Waals surface area contributed by atoms with E-state index in [-0.39, 0.29) is 10.6 Å². The number of imidazole rings is 1. The predicted molar refractivity (Wildman–Crippen MR) is 87.7 cm³/mol. The van der Waals surface area contributed by atoms with E-state index in [4.69, 9.17) is 0 Å². The second-order valence-corrected chi connectivity index (χ2v) is 8.68. The van der Waals surface area contributed by atoms with Gasteiger partial charge in [0.2, 0.25) is 10.0 Å². The smallest absolute Gasteiger partial charge is 0.306 e. The van der Waals surface area contributed by atoms with Gasteiger partial charge in [-0.3, -0.25) is 0 Å². The van der Waals surface area contributed by atoms with E-state index in [0.717, 1.165) is 12.8 Å². The molecule has 1 aromatic carbocycles. The quantitative estimate of drug-likeness (QED) is 0.881. The summed E-state index contributed by atoms with van der Waals surface area (Å²) < 4.78 is 27.5. The lowest BCUT2D eigenvalue weighted by Gasteiger charge is -2.40. The molecular weight excluding hydrogens is 314 g/mol. The number of nitrogens with zero attached hydrogens (tertiary/aromatic N) is 1. The fraction of sp³-hybridized carbons (Fsp3) is 0.562. The average Bonchev–Trinajstić information content (AvgIpc) is 2.93. The fourth-order valence-electron chi connectivity index (χ4n) is 4.11. The number of aromatic amines is 2. The summed E-state index contributed by atoms with van der Waals surface area (Å²) in [4.78, 5) is 16.9. The van der Waals surface area contributed by atoms with Crippen LogP contribution in [0, 0.1) is 11.8 Å². The number of H-pyrrole nitrogens is 2. The SMILES string of the molecule is O=c1[nH]c2ccc(S(=O)(=O)N3CC[C@@H]4CCCC[C@@H]4C3)cc2[nH]1. The monoisotopic (exact) mass is 335 g/mol. The number of piperidine rings is 1. The molecule has 1 saturated heterocycles. The van der Waals surface area contributed by atoms with Crippen LogP contribution in [0.25, 0.3) is 11.0 Å². The first-order chi connectivity index (χ1) is 11.0. The molecule has 1 saturated carbocycles. The highest BCUT2D eigenvalue weighted by Gasteiger charge is 2.36. The van der Waals surface area contributed by atoms with Crippen molar-refractivity contribution in [3.63, 3.8) is 0 Å². The van der Waals surface area contributed by atoms with Crippen molar-refractivity contribution in [3.8, 4) is 0 Å². The topological polar surface area (TPSA) is 86.0 Å². The number of hydrogen-bond acceptors (Lipinski definition) is 3. The standard InChI is InChI=1S/C16H21N3O3S/c20-16-17-14-6-5-13(9-15(14)18-16)23(21,22)19-8-7-11-3-1-2-4-12(11)10-19/h5-6,9,11-12H,1-4,7-8,10H2,(H2,17,18,20)/t11-,12+/m0/s1. The fourth-order valence-corrected chi connectivity index (χ4v) is 5.65. The van der Waals surface area contributed by atoms with E-state index in [1.807, 2.05) is 0 Å². The van der Waals surface area contributed by atoms with Gasteiger partial charge in [-0.25, -0.2) is 13.2 Å². The van der Waals surface area contributed by atoms with Crippen molar-refractivity contribution in [2.45, 2.75) is 37.0 Å². The Morgan fingerprint density at radius 2 is 1.74 bits per heavy atom. The van der Waals surface area contributed by atoms with Crippen molar-refractivity contribution in [2.24, 2.45) is 11.8 Å². The Labute approximate surface area is 134 Å². The molecule has 2 N–H and O–H groups in total. The van der Waals surface area contributed by atoms with Crippen molar-refractivity contribution in [3.05, 3.63) is 28.7 Å². The summed E-state index contributed by atoms with van der Waals surface area (Å²) in [6.45, 7) is 1.24. The Morgan fingerprint density at radius 3 is 2.57 bits per heavy atom. The highest BCUT2D eigenvalue weighted by atomic mass is 32.2. The number of rotatable bonds is 2. The largest absolute Gasteiger partial charge is 0.323 e. The molecule has 0 radical (unpaired) electrons. The molecule has 2 atom stereocenters. The number of fused-ring (bicyclic) bond motifs is 2. The lowest BCUT2D eigenvalue weighted by molar-refractivity contribution is 0.136. The Bertz CT molecular complexity index is 883. The van der Waals surface area contributed by atoms with Gasteiger partial charge in [0.1, 0.15) is 0 Å². The maximum Gasteiger partial charge on any atom is 0.323 e. The molecule has 1 aliphatic heterocycles. The van der Waals surface area contributed by atoms with Crippen LogP contribution >= 0.6 is 0 Å². The first-order valence-corrected chi connectivity index (χ1v) is 9.70. The minimum atomic E-state index is -3.50. The normalized spacial score (nSPS) is 26.3. The summed E-state index contributed by atoms with van der Waals surface area (Å²) in [5.74, 6) is 1.20. The zero-order valence-electron chi connectivity index (χ0n) is 12.9. The van der Waals surface area contributed by atoms with Gasteiger partial charge in [-0.15, -0.1) is 0 Å². The molecule has 2 fully saturated rings. The molecule has 4 rings (SSSR count). The van der Waals surface area contributed by atoms with E-state index >= 15 is 0 Å². The molecule has 0 bridgehead atoms. The Hall–Kier alpha value is -1.60. The lowest BCUT2D eigenvalue weighted by Crippen LogP contribution is -2.44. The molecular formula is C16H21N3O3S. The molecule has 23 heavy (non-hydrogen) atoms. The van der Waals surface area contributed by atoms with Crippen molar-refractivity contribution >= 4 is 21.1 Å². The Morgan fingerprint density at radius 1 is 1.00 bits per heavy atom. The average molecular weight is 335 g/mol. The molecule has 2 heterocycles. The maximum atomic E-state index is 12.9. The molecule has 1 aromatic heterocycles. The van der Waals surface area contributed by atoms with Gasteiger partial charge in [-0.1, -0.05) is 19.3 Å². The second-order valence-electron chi connectivity index (χ2n) is 6.74. The predicted octanol–water partition coefficient (Wildman–Crippen LogP) is 2.06. The van der Waals surface area contributed by atoms with Gasteiger partial charge in [0.05, 0.1) is 15.9 Å². The molecule has 0 amide bonds. The van der Waals surface area contributed by atoms with Crippen LogP contribution in [-0.2, 0) is 10.0 Å². The molecule has 0 spiro atoms. The minimum absolute atomic E-state index is 0.259. The molecule has 1 aliphatic carbocycles. The number of sulfonamides is 1. The summed E-state index contributed by atoms with van der Waals surface area (Å²) >= 11 is 0.